The van der Waals surface area contributed by atoms with Gasteiger partial charge < -0.3 is 19.8 Å². The Morgan fingerprint density at radius 3 is 2.96 bits per heavy atom. The summed E-state index contributed by atoms with van der Waals surface area (Å²) in [6.07, 6.45) is 0.221. The molecule has 3 aromatic rings. The van der Waals surface area contributed by atoms with E-state index in [9.17, 15) is 4.79 Å². The number of benzene rings is 2. The Balaban J connectivity index is 1.38. The lowest BCUT2D eigenvalue weighted by Gasteiger charge is -2.05. The molecule has 116 valence electrons. The van der Waals surface area contributed by atoms with Gasteiger partial charge in [0.15, 0.2) is 11.5 Å². The van der Waals surface area contributed by atoms with Crippen molar-refractivity contribution in [1.29, 1.82) is 0 Å². The molecule has 6 heteroatoms. The van der Waals surface area contributed by atoms with Crippen molar-refractivity contribution < 1.29 is 14.3 Å². The van der Waals surface area contributed by atoms with Crippen LogP contribution in [0.4, 0.5) is 0 Å². The number of hydrogen-bond donors (Lipinski definition) is 2. The van der Waals surface area contributed by atoms with Gasteiger partial charge in [-0.25, -0.2) is 4.98 Å². The molecule has 0 fully saturated rings. The van der Waals surface area contributed by atoms with Crippen molar-refractivity contribution >= 4 is 16.9 Å². The third-order valence-corrected chi connectivity index (χ3v) is 3.69. The summed E-state index contributed by atoms with van der Waals surface area (Å²) in [5.41, 5.74) is 2.77. The summed E-state index contributed by atoms with van der Waals surface area (Å²) < 4.78 is 10.6. The molecular weight excluding hydrogens is 294 g/mol. The Hall–Kier alpha value is -3.02. The summed E-state index contributed by atoms with van der Waals surface area (Å²) in [7, 11) is 0. The maximum atomic E-state index is 12.1. The molecule has 0 spiro atoms. The quantitative estimate of drug-likeness (QED) is 0.774. The largest absolute Gasteiger partial charge is 0.454 e. The number of carbonyl (C=O) groups excluding carboxylic acids is 1. The van der Waals surface area contributed by atoms with Gasteiger partial charge in [-0.15, -0.1) is 0 Å². The van der Waals surface area contributed by atoms with E-state index >= 15 is 0 Å². The molecule has 2 heterocycles. The smallest absolute Gasteiger partial charge is 0.231 e. The van der Waals surface area contributed by atoms with Crippen LogP contribution in [-0.2, 0) is 17.8 Å². The van der Waals surface area contributed by atoms with Crippen LogP contribution < -0.4 is 14.8 Å². The van der Waals surface area contributed by atoms with E-state index in [1.54, 1.807) is 0 Å². The van der Waals surface area contributed by atoms with Crippen molar-refractivity contribution in [2.75, 3.05) is 6.79 Å². The number of hydrogen-bond acceptors (Lipinski definition) is 4. The molecule has 1 aliphatic heterocycles. The first-order valence-electron chi connectivity index (χ1n) is 7.37. The molecule has 6 nitrogen and oxygen atoms in total. The Bertz CT molecular complexity index is 839. The average molecular weight is 309 g/mol. The fourth-order valence-electron chi connectivity index (χ4n) is 2.56. The summed E-state index contributed by atoms with van der Waals surface area (Å²) in [4.78, 5) is 19.6. The second-order valence-corrected chi connectivity index (χ2v) is 5.34. The third-order valence-electron chi connectivity index (χ3n) is 3.69. The number of amides is 1. The van der Waals surface area contributed by atoms with Gasteiger partial charge in [-0.3, -0.25) is 4.79 Å². The Morgan fingerprint density at radius 1 is 1.17 bits per heavy atom. The van der Waals surface area contributed by atoms with E-state index in [2.05, 4.69) is 15.3 Å². The highest BCUT2D eigenvalue weighted by molar-refractivity contribution is 5.80. The first-order valence-corrected chi connectivity index (χ1v) is 7.37. The highest BCUT2D eigenvalue weighted by atomic mass is 16.7. The molecule has 0 saturated carbocycles. The van der Waals surface area contributed by atoms with E-state index in [1.807, 2.05) is 42.5 Å². The maximum Gasteiger partial charge on any atom is 0.231 e. The fraction of sp³-hybridized carbons (Fsp3) is 0.176. The van der Waals surface area contributed by atoms with Crippen LogP contribution in [0.2, 0.25) is 0 Å². The van der Waals surface area contributed by atoms with Crippen molar-refractivity contribution in [2.45, 2.75) is 13.0 Å². The lowest BCUT2D eigenvalue weighted by molar-refractivity contribution is -0.120. The molecule has 2 N–H and O–H groups in total. The van der Waals surface area contributed by atoms with Crippen molar-refractivity contribution in [3.05, 3.63) is 53.9 Å². The Morgan fingerprint density at radius 2 is 2.04 bits per heavy atom. The number of H-pyrrole nitrogens is 1. The minimum absolute atomic E-state index is 0.0817. The number of aromatic nitrogens is 2. The fourth-order valence-corrected chi connectivity index (χ4v) is 2.56. The number of ether oxygens (including phenoxy) is 2. The molecule has 4 rings (SSSR count). The van der Waals surface area contributed by atoms with Crippen LogP contribution in [0, 0.1) is 0 Å². The maximum absolute atomic E-state index is 12.1. The van der Waals surface area contributed by atoms with Gasteiger partial charge in [0.1, 0.15) is 5.82 Å². The van der Waals surface area contributed by atoms with Gasteiger partial charge in [-0.2, -0.15) is 0 Å². The molecule has 0 saturated heterocycles. The van der Waals surface area contributed by atoms with Gasteiger partial charge in [-0.1, -0.05) is 18.2 Å². The lowest BCUT2D eigenvalue weighted by Crippen LogP contribution is -2.24. The highest BCUT2D eigenvalue weighted by Crippen LogP contribution is 2.32. The highest BCUT2D eigenvalue weighted by Gasteiger charge is 2.13. The molecule has 1 aliphatic rings. The van der Waals surface area contributed by atoms with E-state index in [0.717, 1.165) is 22.3 Å². The topological polar surface area (TPSA) is 76.2 Å². The average Bonchev–Trinajstić information content (AvgIpc) is 3.18. The number of imidazole rings is 1. The van der Waals surface area contributed by atoms with Gasteiger partial charge in [0.25, 0.3) is 0 Å². The van der Waals surface area contributed by atoms with Gasteiger partial charge in [0, 0.05) is 6.54 Å². The van der Waals surface area contributed by atoms with Gasteiger partial charge in [-0.05, 0) is 29.8 Å². The summed E-state index contributed by atoms with van der Waals surface area (Å²) in [6, 6.07) is 13.4. The summed E-state index contributed by atoms with van der Waals surface area (Å²) >= 11 is 0. The van der Waals surface area contributed by atoms with Crippen LogP contribution in [0.1, 0.15) is 11.4 Å². The van der Waals surface area contributed by atoms with E-state index in [0.29, 0.717) is 18.1 Å². The van der Waals surface area contributed by atoms with Crippen LogP contribution in [0.15, 0.2) is 42.5 Å². The zero-order valence-electron chi connectivity index (χ0n) is 12.3. The van der Waals surface area contributed by atoms with Crippen LogP contribution in [-0.4, -0.2) is 22.7 Å². The monoisotopic (exact) mass is 309 g/mol. The number of aromatic amines is 1. The zero-order valence-corrected chi connectivity index (χ0v) is 12.3. The van der Waals surface area contributed by atoms with Crippen molar-refractivity contribution in [2.24, 2.45) is 0 Å². The second kappa shape index (κ2) is 5.64. The van der Waals surface area contributed by atoms with Crippen LogP contribution in [0.5, 0.6) is 11.5 Å². The Labute approximate surface area is 132 Å². The normalized spacial score (nSPS) is 12.5. The van der Waals surface area contributed by atoms with Crippen molar-refractivity contribution in [1.82, 2.24) is 15.3 Å². The molecular formula is C17H15N3O3. The predicted octanol–water partition coefficient (Wildman–Crippen LogP) is 2.15. The number of rotatable bonds is 4. The van der Waals surface area contributed by atoms with Crippen LogP contribution in [0.25, 0.3) is 11.0 Å². The minimum Gasteiger partial charge on any atom is -0.454 e. The van der Waals surface area contributed by atoms with E-state index in [4.69, 9.17) is 9.47 Å². The number of nitrogens with one attached hydrogen (secondary N) is 2. The predicted molar refractivity (Wildman–Crippen MR) is 84.2 cm³/mol. The van der Waals surface area contributed by atoms with Gasteiger partial charge >= 0.3 is 0 Å². The minimum atomic E-state index is -0.0817. The SMILES string of the molecule is O=C(Cc1nc2ccccc2[nH]1)NCc1ccc2c(c1)OCO2. The van der Waals surface area contributed by atoms with Crippen molar-refractivity contribution in [3.8, 4) is 11.5 Å². The molecule has 1 amide bonds. The zero-order chi connectivity index (χ0) is 15.6. The summed E-state index contributed by atoms with van der Waals surface area (Å²) in [6.45, 7) is 0.687. The molecule has 23 heavy (non-hydrogen) atoms. The van der Waals surface area contributed by atoms with Crippen molar-refractivity contribution in [3.63, 3.8) is 0 Å². The number of fused-ring (bicyclic) bond motifs is 2. The lowest BCUT2D eigenvalue weighted by atomic mass is 10.2. The van der Waals surface area contributed by atoms with E-state index in [-0.39, 0.29) is 19.1 Å². The standard InChI is InChI=1S/C17H15N3O3/c21-17(8-16-19-12-3-1-2-4-13(12)20-16)18-9-11-5-6-14-15(7-11)23-10-22-14/h1-7H,8-10H2,(H,18,21)(H,19,20). The Kier molecular flexibility index (Phi) is 3.34. The first kappa shape index (κ1) is 13.6. The second-order valence-electron chi connectivity index (χ2n) is 5.34. The molecule has 1 aromatic heterocycles. The molecule has 0 unspecified atom stereocenters. The van der Waals surface area contributed by atoms with Gasteiger partial charge in [0.05, 0.1) is 17.5 Å². The molecule has 0 aliphatic carbocycles. The molecule has 0 bridgehead atoms. The molecule has 0 radical (unpaired) electrons. The van der Waals surface area contributed by atoms with E-state index in [1.165, 1.54) is 0 Å². The number of para-hydroxylation sites is 2. The number of carbonyl (C=O) groups is 1. The molecule has 0 atom stereocenters. The summed E-state index contributed by atoms with van der Waals surface area (Å²) in [5.74, 6) is 2.03. The molecule has 2 aromatic carbocycles. The third kappa shape index (κ3) is 2.83. The summed E-state index contributed by atoms with van der Waals surface area (Å²) in [5, 5.41) is 2.89. The van der Waals surface area contributed by atoms with Crippen LogP contribution in [0.3, 0.4) is 0 Å². The van der Waals surface area contributed by atoms with Crippen LogP contribution >= 0.6 is 0 Å². The van der Waals surface area contributed by atoms with Gasteiger partial charge in [0.2, 0.25) is 12.7 Å². The van der Waals surface area contributed by atoms with E-state index < -0.39 is 0 Å². The number of nitrogens with zero attached hydrogens (tertiary/aromatic N) is 1. The first-order chi connectivity index (χ1) is 11.3.